The predicted molar refractivity (Wildman–Crippen MR) is 119 cm³/mol. The summed E-state index contributed by atoms with van der Waals surface area (Å²) in [5.41, 5.74) is 11.8. The second-order valence-corrected chi connectivity index (χ2v) is 8.43. The van der Waals surface area contributed by atoms with Crippen molar-refractivity contribution < 1.29 is 18.7 Å². The molecular formula is C24H24ClFN2O3. The third-order valence-corrected chi connectivity index (χ3v) is 6.53. The van der Waals surface area contributed by atoms with Crippen LogP contribution in [0.4, 0.5) is 4.39 Å². The normalized spacial score (nSPS) is 27.2. The maximum atomic E-state index is 15.9. The molecule has 31 heavy (non-hydrogen) atoms. The van der Waals surface area contributed by atoms with Gasteiger partial charge in [-0.15, -0.1) is 0 Å². The Balaban J connectivity index is 1.93. The van der Waals surface area contributed by atoms with Crippen molar-refractivity contribution in [3.8, 4) is 5.75 Å². The third-order valence-electron chi connectivity index (χ3n) is 6.22. The molecule has 5 nitrogen and oxygen atoms in total. The van der Waals surface area contributed by atoms with Gasteiger partial charge in [0.1, 0.15) is 11.4 Å². The van der Waals surface area contributed by atoms with Gasteiger partial charge in [-0.05, 0) is 30.7 Å². The Hall–Kier alpha value is -2.67. The summed E-state index contributed by atoms with van der Waals surface area (Å²) in [4.78, 5) is 12.2. The van der Waals surface area contributed by atoms with E-state index in [9.17, 15) is 4.79 Å². The van der Waals surface area contributed by atoms with Crippen molar-refractivity contribution in [3.05, 3.63) is 81.9 Å². The number of carbonyl (C=O) groups is 1. The first-order chi connectivity index (χ1) is 14.8. The molecule has 2 aliphatic rings. The molecular weight excluding hydrogens is 419 g/mol. The molecule has 2 aromatic carbocycles. The molecule has 4 N–H and O–H groups in total. The number of fused-ring (bicyclic) bond motifs is 1. The molecule has 4 rings (SSSR count). The highest BCUT2D eigenvalue weighted by Crippen LogP contribution is 2.49. The highest BCUT2D eigenvalue weighted by atomic mass is 35.5. The van der Waals surface area contributed by atoms with Gasteiger partial charge in [0.2, 0.25) is 5.91 Å². The van der Waals surface area contributed by atoms with E-state index in [4.69, 9.17) is 32.5 Å². The topological polar surface area (TPSA) is 87.6 Å². The van der Waals surface area contributed by atoms with Crippen LogP contribution in [0.1, 0.15) is 23.6 Å². The van der Waals surface area contributed by atoms with Gasteiger partial charge in [-0.2, -0.15) is 0 Å². The molecule has 1 aliphatic heterocycles. The van der Waals surface area contributed by atoms with Gasteiger partial charge in [0, 0.05) is 47.4 Å². The Morgan fingerprint density at radius 2 is 2.00 bits per heavy atom. The SMILES string of the molecule is COC1(C)C=CC(C(N)=O)=C(c2c(Cl)ccc3c2C[C@@](CN)(c2ccccc2)O3)C1F. The molecule has 0 bridgehead atoms. The van der Waals surface area contributed by atoms with Crippen molar-refractivity contribution in [2.75, 3.05) is 13.7 Å². The summed E-state index contributed by atoms with van der Waals surface area (Å²) < 4.78 is 27.6. The Labute approximate surface area is 185 Å². The highest BCUT2D eigenvalue weighted by Gasteiger charge is 2.46. The summed E-state index contributed by atoms with van der Waals surface area (Å²) in [5.74, 6) is -0.196. The van der Waals surface area contributed by atoms with E-state index in [0.717, 1.165) is 5.56 Å². The van der Waals surface area contributed by atoms with Crippen LogP contribution in [0.15, 0.2) is 60.2 Å². The van der Waals surface area contributed by atoms with E-state index in [2.05, 4.69) is 0 Å². The Morgan fingerprint density at radius 1 is 1.29 bits per heavy atom. The number of carbonyl (C=O) groups excluding carboxylic acids is 1. The lowest BCUT2D eigenvalue weighted by Gasteiger charge is -2.34. The molecule has 7 heteroatoms. The number of primary amides is 1. The Morgan fingerprint density at radius 3 is 2.61 bits per heavy atom. The van der Waals surface area contributed by atoms with Crippen molar-refractivity contribution in [1.29, 1.82) is 0 Å². The lowest BCUT2D eigenvalue weighted by Crippen LogP contribution is -2.41. The molecule has 0 fully saturated rings. The van der Waals surface area contributed by atoms with E-state index in [0.29, 0.717) is 28.3 Å². The van der Waals surface area contributed by atoms with E-state index in [1.807, 2.05) is 30.3 Å². The molecule has 0 saturated carbocycles. The zero-order valence-corrected chi connectivity index (χ0v) is 18.1. The number of ether oxygens (including phenoxy) is 2. The van der Waals surface area contributed by atoms with E-state index >= 15 is 4.39 Å². The van der Waals surface area contributed by atoms with Crippen LogP contribution < -0.4 is 16.2 Å². The van der Waals surface area contributed by atoms with Crippen molar-refractivity contribution in [2.24, 2.45) is 11.5 Å². The lowest BCUT2D eigenvalue weighted by molar-refractivity contribution is -0.114. The van der Waals surface area contributed by atoms with Gasteiger partial charge < -0.3 is 20.9 Å². The summed E-state index contributed by atoms with van der Waals surface area (Å²) in [7, 11) is 1.42. The van der Waals surface area contributed by atoms with Crippen molar-refractivity contribution in [1.82, 2.24) is 0 Å². The van der Waals surface area contributed by atoms with Crippen LogP contribution in [0.5, 0.6) is 5.75 Å². The summed E-state index contributed by atoms with van der Waals surface area (Å²) in [6.45, 7) is 1.81. The van der Waals surface area contributed by atoms with Crippen LogP contribution in [-0.2, 0) is 21.6 Å². The highest BCUT2D eigenvalue weighted by molar-refractivity contribution is 6.33. The summed E-state index contributed by atoms with van der Waals surface area (Å²) in [6.07, 6.45) is 1.70. The minimum absolute atomic E-state index is 0.0577. The fourth-order valence-electron chi connectivity index (χ4n) is 4.32. The lowest BCUT2D eigenvalue weighted by atomic mass is 9.78. The summed E-state index contributed by atoms with van der Waals surface area (Å²) >= 11 is 6.59. The van der Waals surface area contributed by atoms with Gasteiger partial charge in [0.15, 0.2) is 11.8 Å². The van der Waals surface area contributed by atoms with Crippen molar-refractivity contribution >= 4 is 23.1 Å². The fraction of sp³-hybridized carbons (Fsp3) is 0.292. The van der Waals surface area contributed by atoms with Crippen molar-refractivity contribution in [3.63, 3.8) is 0 Å². The molecule has 3 atom stereocenters. The first-order valence-corrected chi connectivity index (χ1v) is 10.3. The van der Waals surface area contributed by atoms with Crippen LogP contribution in [-0.4, -0.2) is 31.3 Å². The van der Waals surface area contributed by atoms with Gasteiger partial charge >= 0.3 is 0 Å². The monoisotopic (exact) mass is 442 g/mol. The number of methoxy groups -OCH3 is 1. The van der Waals surface area contributed by atoms with Gasteiger partial charge in [-0.1, -0.05) is 48.0 Å². The minimum Gasteiger partial charge on any atom is -0.481 e. The Kier molecular flexibility index (Phi) is 5.41. The summed E-state index contributed by atoms with van der Waals surface area (Å²) in [5, 5.41) is 0.299. The van der Waals surface area contributed by atoms with E-state index in [-0.39, 0.29) is 17.7 Å². The standard InChI is InChI=1S/C24H24ClFN2O3/c1-23(30-2)11-10-15(22(28)29)20(21(23)26)19-16-12-24(13-27,14-6-4-3-5-7-14)31-18(16)9-8-17(19)25/h3-11,21H,12-13,27H2,1-2H3,(H2,28,29)/t21?,23?,24-/m1/s1. The van der Waals surface area contributed by atoms with Crippen LogP contribution >= 0.6 is 11.6 Å². The average molecular weight is 443 g/mol. The molecule has 1 heterocycles. The van der Waals surface area contributed by atoms with Gasteiger partial charge in [0.05, 0.1) is 0 Å². The molecule has 0 radical (unpaired) electrons. The van der Waals surface area contributed by atoms with Crippen LogP contribution in [0.2, 0.25) is 5.02 Å². The maximum absolute atomic E-state index is 15.9. The van der Waals surface area contributed by atoms with Crippen LogP contribution in [0.25, 0.3) is 5.57 Å². The number of amides is 1. The predicted octanol–water partition coefficient (Wildman–Crippen LogP) is 3.68. The minimum atomic E-state index is -1.67. The van der Waals surface area contributed by atoms with E-state index < -0.39 is 23.3 Å². The largest absolute Gasteiger partial charge is 0.481 e. The Bertz CT molecular complexity index is 1100. The van der Waals surface area contributed by atoms with Crippen LogP contribution in [0, 0.1) is 0 Å². The number of nitrogens with two attached hydrogens (primary N) is 2. The fourth-order valence-corrected chi connectivity index (χ4v) is 4.60. The number of halogens is 2. The van der Waals surface area contributed by atoms with Gasteiger partial charge in [-0.3, -0.25) is 4.79 Å². The van der Waals surface area contributed by atoms with Gasteiger partial charge in [0.25, 0.3) is 0 Å². The molecule has 2 unspecified atom stereocenters. The number of rotatable bonds is 5. The zero-order valence-electron chi connectivity index (χ0n) is 17.3. The molecule has 0 aromatic heterocycles. The first kappa shape index (κ1) is 21.6. The number of hydrogen-bond acceptors (Lipinski definition) is 4. The van der Waals surface area contributed by atoms with Crippen LogP contribution in [0.3, 0.4) is 0 Å². The van der Waals surface area contributed by atoms with Crippen molar-refractivity contribution in [2.45, 2.75) is 30.7 Å². The smallest absolute Gasteiger partial charge is 0.249 e. The summed E-state index contributed by atoms with van der Waals surface area (Å²) in [6, 6.07) is 13.0. The second-order valence-electron chi connectivity index (χ2n) is 8.02. The molecule has 1 amide bonds. The molecule has 1 aliphatic carbocycles. The first-order valence-electron chi connectivity index (χ1n) is 9.95. The van der Waals surface area contributed by atoms with E-state index in [1.54, 1.807) is 19.1 Å². The third kappa shape index (κ3) is 3.35. The average Bonchev–Trinajstić information content (AvgIpc) is 3.17. The zero-order chi connectivity index (χ0) is 22.4. The molecule has 2 aromatic rings. The second kappa shape index (κ2) is 7.79. The molecule has 0 spiro atoms. The number of hydrogen-bond donors (Lipinski definition) is 2. The number of alkyl halides is 1. The quantitative estimate of drug-likeness (QED) is 0.739. The molecule has 162 valence electrons. The number of benzene rings is 2. The maximum Gasteiger partial charge on any atom is 0.249 e. The molecule has 0 saturated heterocycles. The van der Waals surface area contributed by atoms with E-state index in [1.165, 1.54) is 19.3 Å². The van der Waals surface area contributed by atoms with Gasteiger partial charge in [-0.25, -0.2) is 4.39 Å².